The van der Waals surface area contributed by atoms with Crippen molar-refractivity contribution in [3.8, 4) is 0 Å². The van der Waals surface area contributed by atoms with E-state index in [9.17, 15) is 4.79 Å². The molecule has 17 heavy (non-hydrogen) atoms. The fourth-order valence-electron chi connectivity index (χ4n) is 1.86. The zero-order chi connectivity index (χ0) is 13.1. The highest BCUT2D eigenvalue weighted by molar-refractivity contribution is 5.69. The van der Waals surface area contributed by atoms with Gasteiger partial charge in [-0.3, -0.25) is 4.79 Å². The Bertz CT molecular complexity index is 195. The third-order valence-electron chi connectivity index (χ3n) is 3.22. The van der Waals surface area contributed by atoms with Gasteiger partial charge in [-0.15, -0.1) is 0 Å². The Morgan fingerprint density at radius 3 is 2.41 bits per heavy atom. The maximum absolute atomic E-state index is 10.6. The average Bonchev–Trinajstić information content (AvgIpc) is 2.28. The summed E-state index contributed by atoms with van der Waals surface area (Å²) in [5.74, 6) is -0.878. The molecule has 0 aromatic carbocycles. The molecular weight excluding hydrogens is 214 g/mol. The van der Waals surface area contributed by atoms with Crippen molar-refractivity contribution in [2.24, 2.45) is 5.92 Å². The van der Waals surface area contributed by atoms with Gasteiger partial charge >= 0.3 is 5.97 Å². The highest BCUT2D eigenvalue weighted by Crippen LogP contribution is 2.09. The largest absolute Gasteiger partial charge is 0.481 e. The molecule has 0 radical (unpaired) electrons. The number of unbranched alkanes of at least 4 members (excludes halogenated alkanes) is 3. The lowest BCUT2D eigenvalue weighted by Crippen LogP contribution is -2.27. The molecule has 0 aromatic rings. The number of aliphatic carboxylic acids is 1. The van der Waals surface area contributed by atoms with Crippen LogP contribution in [0.15, 0.2) is 0 Å². The van der Waals surface area contributed by atoms with Gasteiger partial charge in [-0.05, 0) is 32.7 Å². The topological polar surface area (TPSA) is 49.3 Å². The smallest absolute Gasteiger partial charge is 0.306 e. The van der Waals surface area contributed by atoms with E-state index in [0.29, 0.717) is 6.04 Å². The van der Waals surface area contributed by atoms with E-state index in [0.717, 1.165) is 25.8 Å². The van der Waals surface area contributed by atoms with E-state index in [1.54, 1.807) is 6.92 Å². The van der Waals surface area contributed by atoms with Crippen LogP contribution in [0.1, 0.15) is 65.7 Å². The first-order chi connectivity index (χ1) is 8.07. The number of nitrogens with one attached hydrogen (secondary N) is 1. The number of hydrogen-bond acceptors (Lipinski definition) is 2. The first-order valence-corrected chi connectivity index (χ1v) is 7.04. The summed E-state index contributed by atoms with van der Waals surface area (Å²) in [6.07, 6.45) is 8.03. The SMILES string of the molecule is CCCCCCNC(C)CCCC(C)C(=O)O. The first-order valence-electron chi connectivity index (χ1n) is 7.04. The summed E-state index contributed by atoms with van der Waals surface area (Å²) < 4.78 is 0. The van der Waals surface area contributed by atoms with Crippen molar-refractivity contribution < 1.29 is 9.90 Å². The highest BCUT2D eigenvalue weighted by Gasteiger charge is 2.10. The second-order valence-electron chi connectivity index (χ2n) is 5.09. The summed E-state index contributed by atoms with van der Waals surface area (Å²) in [6.45, 7) is 7.28. The van der Waals surface area contributed by atoms with Crippen LogP contribution in [0.5, 0.6) is 0 Å². The Labute approximate surface area is 106 Å². The minimum atomic E-state index is -0.676. The minimum Gasteiger partial charge on any atom is -0.481 e. The summed E-state index contributed by atoms with van der Waals surface area (Å²) >= 11 is 0. The molecule has 0 amide bonds. The van der Waals surface area contributed by atoms with Gasteiger partial charge < -0.3 is 10.4 Å². The normalized spacial score (nSPS) is 14.5. The standard InChI is InChI=1S/C14H29NO2/c1-4-5-6-7-11-15-13(3)10-8-9-12(2)14(16)17/h12-13,15H,4-11H2,1-3H3,(H,16,17). The van der Waals surface area contributed by atoms with Gasteiger partial charge in [0.05, 0.1) is 5.92 Å². The molecule has 0 spiro atoms. The predicted molar refractivity (Wildman–Crippen MR) is 72.3 cm³/mol. The zero-order valence-electron chi connectivity index (χ0n) is 11.7. The lowest BCUT2D eigenvalue weighted by atomic mass is 10.0. The fourth-order valence-corrected chi connectivity index (χ4v) is 1.86. The lowest BCUT2D eigenvalue weighted by Gasteiger charge is -2.14. The third-order valence-corrected chi connectivity index (χ3v) is 3.22. The Kier molecular flexibility index (Phi) is 10.2. The molecule has 0 heterocycles. The Balaban J connectivity index is 3.34. The molecule has 102 valence electrons. The van der Waals surface area contributed by atoms with Crippen molar-refractivity contribution in [1.82, 2.24) is 5.32 Å². The van der Waals surface area contributed by atoms with E-state index in [2.05, 4.69) is 19.2 Å². The van der Waals surface area contributed by atoms with Gasteiger partial charge in [-0.25, -0.2) is 0 Å². The molecule has 2 N–H and O–H groups in total. The van der Waals surface area contributed by atoms with Gasteiger partial charge in [0.2, 0.25) is 0 Å². The van der Waals surface area contributed by atoms with Gasteiger partial charge in [0, 0.05) is 6.04 Å². The van der Waals surface area contributed by atoms with E-state index in [-0.39, 0.29) is 5.92 Å². The van der Waals surface area contributed by atoms with Gasteiger partial charge in [-0.2, -0.15) is 0 Å². The summed E-state index contributed by atoms with van der Waals surface area (Å²) in [7, 11) is 0. The highest BCUT2D eigenvalue weighted by atomic mass is 16.4. The molecular formula is C14H29NO2. The molecule has 3 nitrogen and oxygen atoms in total. The van der Waals surface area contributed by atoms with Crippen LogP contribution in [0.2, 0.25) is 0 Å². The molecule has 0 aliphatic rings. The van der Waals surface area contributed by atoms with Crippen molar-refractivity contribution >= 4 is 5.97 Å². The first kappa shape index (κ1) is 16.4. The van der Waals surface area contributed by atoms with Gasteiger partial charge in [0.1, 0.15) is 0 Å². The van der Waals surface area contributed by atoms with Crippen molar-refractivity contribution in [2.45, 2.75) is 71.8 Å². The Morgan fingerprint density at radius 1 is 1.12 bits per heavy atom. The van der Waals surface area contributed by atoms with Crippen molar-refractivity contribution in [2.75, 3.05) is 6.54 Å². The summed E-state index contributed by atoms with van der Waals surface area (Å²) in [5.41, 5.74) is 0. The molecule has 0 saturated heterocycles. The minimum absolute atomic E-state index is 0.202. The third kappa shape index (κ3) is 10.3. The van der Waals surface area contributed by atoms with Crippen LogP contribution in [0.3, 0.4) is 0 Å². The molecule has 0 fully saturated rings. The molecule has 2 unspecified atom stereocenters. The summed E-state index contributed by atoms with van der Waals surface area (Å²) in [5, 5.41) is 12.3. The maximum Gasteiger partial charge on any atom is 0.306 e. The van der Waals surface area contributed by atoms with Gasteiger partial charge in [-0.1, -0.05) is 39.5 Å². The number of hydrogen-bond donors (Lipinski definition) is 2. The fraction of sp³-hybridized carbons (Fsp3) is 0.929. The molecule has 3 heteroatoms. The van der Waals surface area contributed by atoms with Crippen LogP contribution in [0, 0.1) is 5.92 Å². The van der Waals surface area contributed by atoms with E-state index < -0.39 is 5.97 Å². The lowest BCUT2D eigenvalue weighted by molar-refractivity contribution is -0.141. The molecule has 0 aliphatic carbocycles. The second kappa shape index (κ2) is 10.6. The average molecular weight is 243 g/mol. The predicted octanol–water partition coefficient (Wildman–Crippen LogP) is 3.44. The molecule has 0 saturated carbocycles. The Morgan fingerprint density at radius 2 is 1.82 bits per heavy atom. The van der Waals surface area contributed by atoms with Crippen LogP contribution < -0.4 is 5.32 Å². The van der Waals surface area contributed by atoms with E-state index in [4.69, 9.17) is 5.11 Å². The van der Waals surface area contributed by atoms with Crippen LogP contribution in [0.4, 0.5) is 0 Å². The van der Waals surface area contributed by atoms with Crippen LogP contribution >= 0.6 is 0 Å². The van der Waals surface area contributed by atoms with Crippen LogP contribution in [0.25, 0.3) is 0 Å². The second-order valence-corrected chi connectivity index (χ2v) is 5.09. The molecule has 2 atom stereocenters. The van der Waals surface area contributed by atoms with Crippen molar-refractivity contribution in [3.05, 3.63) is 0 Å². The molecule has 0 bridgehead atoms. The molecule has 0 rings (SSSR count). The van der Waals surface area contributed by atoms with E-state index in [1.165, 1.54) is 25.7 Å². The van der Waals surface area contributed by atoms with E-state index >= 15 is 0 Å². The van der Waals surface area contributed by atoms with Crippen LogP contribution in [-0.4, -0.2) is 23.7 Å². The van der Waals surface area contributed by atoms with Crippen molar-refractivity contribution in [3.63, 3.8) is 0 Å². The van der Waals surface area contributed by atoms with E-state index in [1.807, 2.05) is 0 Å². The number of carboxylic acids is 1. The monoisotopic (exact) mass is 243 g/mol. The Hall–Kier alpha value is -0.570. The quantitative estimate of drug-likeness (QED) is 0.547. The number of carbonyl (C=O) groups is 1. The molecule has 0 aromatic heterocycles. The summed E-state index contributed by atoms with van der Waals surface area (Å²) in [4.78, 5) is 10.6. The molecule has 0 aliphatic heterocycles. The number of rotatable bonds is 11. The zero-order valence-corrected chi connectivity index (χ0v) is 11.7. The van der Waals surface area contributed by atoms with Crippen molar-refractivity contribution in [1.29, 1.82) is 0 Å². The number of carboxylic acid groups (broad SMARTS) is 1. The summed E-state index contributed by atoms with van der Waals surface area (Å²) in [6, 6.07) is 0.512. The van der Waals surface area contributed by atoms with Gasteiger partial charge in [0.15, 0.2) is 0 Å². The maximum atomic E-state index is 10.6. The van der Waals surface area contributed by atoms with Gasteiger partial charge in [0.25, 0.3) is 0 Å². The van der Waals surface area contributed by atoms with Crippen LogP contribution in [-0.2, 0) is 4.79 Å².